The lowest BCUT2D eigenvalue weighted by atomic mass is 9.69. The van der Waals surface area contributed by atoms with Crippen LogP contribution in [0.2, 0.25) is 0 Å². The summed E-state index contributed by atoms with van der Waals surface area (Å²) >= 11 is 0. The molecule has 0 saturated heterocycles. The lowest BCUT2D eigenvalue weighted by Gasteiger charge is -2.35. The molecule has 6 aromatic rings. The maximum absolute atomic E-state index is 9.54. The summed E-state index contributed by atoms with van der Waals surface area (Å²) in [5.74, 6) is 3.38. The smallest absolute Gasteiger partial charge is 0.164 e. The van der Waals surface area contributed by atoms with Crippen LogP contribution < -0.4 is 0 Å². The molecule has 0 bridgehead atoms. The molecule has 0 spiro atoms. The van der Waals surface area contributed by atoms with Gasteiger partial charge in [-0.1, -0.05) is 137 Å². The molecule has 3 atom stereocenters. The summed E-state index contributed by atoms with van der Waals surface area (Å²) in [4.78, 5) is 15.3. The monoisotopic (exact) mass is 638 g/mol. The second-order valence-corrected chi connectivity index (χ2v) is 13.9. The minimum Gasteiger partial charge on any atom is -0.208 e. The fourth-order valence-electron chi connectivity index (χ4n) is 7.78. The van der Waals surface area contributed by atoms with E-state index in [1.165, 1.54) is 31.2 Å². The van der Waals surface area contributed by atoms with Gasteiger partial charge in [0.25, 0.3) is 0 Å². The second kappa shape index (κ2) is 14.0. The third-order valence-electron chi connectivity index (χ3n) is 10.4. The Kier molecular flexibility index (Phi) is 9.18. The topological polar surface area (TPSA) is 62.5 Å². The van der Waals surface area contributed by atoms with Crippen molar-refractivity contribution in [1.29, 1.82) is 5.26 Å². The van der Waals surface area contributed by atoms with Crippen LogP contribution in [0, 0.1) is 23.2 Å². The maximum Gasteiger partial charge on any atom is 0.164 e. The predicted octanol–water partition coefficient (Wildman–Crippen LogP) is 11.6. The molecule has 1 fully saturated rings. The third-order valence-corrected chi connectivity index (χ3v) is 10.4. The summed E-state index contributed by atoms with van der Waals surface area (Å²) in [6, 6.07) is 46.0. The van der Waals surface area contributed by atoms with Gasteiger partial charge in [0, 0.05) is 16.7 Å². The normalized spacial score (nSPS) is 19.1. The molecule has 1 unspecified atom stereocenters. The average molecular weight is 639 g/mol. The summed E-state index contributed by atoms with van der Waals surface area (Å²) in [6.07, 6.45) is 6.25. The van der Waals surface area contributed by atoms with Gasteiger partial charge in [0.2, 0.25) is 0 Å². The first-order chi connectivity index (χ1) is 23.9. The molecule has 1 aliphatic rings. The van der Waals surface area contributed by atoms with Gasteiger partial charge in [-0.2, -0.15) is 5.26 Å². The molecular formula is C45H42N4. The van der Waals surface area contributed by atoms with E-state index < -0.39 is 0 Å². The van der Waals surface area contributed by atoms with Crippen molar-refractivity contribution in [3.05, 3.63) is 139 Å². The molecule has 242 valence electrons. The molecule has 5 aromatic carbocycles. The predicted molar refractivity (Wildman–Crippen MR) is 200 cm³/mol. The molecule has 1 aromatic heterocycles. The fourth-order valence-corrected chi connectivity index (χ4v) is 7.78. The molecular weight excluding hydrogens is 597 g/mol. The minimum atomic E-state index is 0.201. The van der Waals surface area contributed by atoms with E-state index >= 15 is 0 Å². The minimum absolute atomic E-state index is 0.201. The third kappa shape index (κ3) is 6.80. The first-order valence-electron chi connectivity index (χ1n) is 17.6. The summed E-state index contributed by atoms with van der Waals surface area (Å²) in [5, 5.41) is 9.54. The lowest BCUT2D eigenvalue weighted by Crippen LogP contribution is -2.28. The molecule has 4 heteroatoms. The summed E-state index contributed by atoms with van der Waals surface area (Å²) in [7, 11) is 0. The van der Waals surface area contributed by atoms with Crippen molar-refractivity contribution in [2.24, 2.45) is 11.8 Å². The van der Waals surface area contributed by atoms with E-state index in [1.807, 2.05) is 48.5 Å². The SMILES string of the molecule is CCC1(c2ccc(-c3nc(-c4ccccc4)nc(-c4ccc(-c5cccc(C#N)c5)cc4-c4ccccc4)n3)cc2)C[C@H](C)CC[C@H](C)C1. The van der Waals surface area contributed by atoms with Crippen LogP contribution in [0.5, 0.6) is 0 Å². The molecule has 0 radical (unpaired) electrons. The Hall–Kier alpha value is -5.40. The van der Waals surface area contributed by atoms with E-state index in [4.69, 9.17) is 15.0 Å². The number of benzene rings is 5. The molecule has 0 N–H and O–H groups in total. The number of nitriles is 1. The quantitative estimate of drug-likeness (QED) is 0.163. The van der Waals surface area contributed by atoms with Crippen LogP contribution in [-0.4, -0.2) is 15.0 Å². The Balaban J connectivity index is 1.36. The summed E-state index contributed by atoms with van der Waals surface area (Å²) in [5.41, 5.74) is 9.23. The Morgan fingerprint density at radius 3 is 1.71 bits per heavy atom. The van der Waals surface area contributed by atoms with Gasteiger partial charge in [0.05, 0.1) is 11.6 Å². The Morgan fingerprint density at radius 1 is 0.571 bits per heavy atom. The van der Waals surface area contributed by atoms with Gasteiger partial charge in [-0.25, -0.2) is 15.0 Å². The van der Waals surface area contributed by atoms with Crippen molar-refractivity contribution in [2.75, 3.05) is 0 Å². The van der Waals surface area contributed by atoms with Crippen LogP contribution >= 0.6 is 0 Å². The van der Waals surface area contributed by atoms with Crippen molar-refractivity contribution in [1.82, 2.24) is 15.0 Å². The highest BCUT2D eigenvalue weighted by Crippen LogP contribution is 2.45. The maximum atomic E-state index is 9.54. The zero-order valence-electron chi connectivity index (χ0n) is 28.6. The highest BCUT2D eigenvalue weighted by atomic mass is 15.0. The second-order valence-electron chi connectivity index (χ2n) is 13.9. The van der Waals surface area contributed by atoms with Gasteiger partial charge in [0.15, 0.2) is 17.5 Å². The summed E-state index contributed by atoms with van der Waals surface area (Å²) < 4.78 is 0. The van der Waals surface area contributed by atoms with Crippen molar-refractivity contribution in [3.8, 4) is 62.5 Å². The van der Waals surface area contributed by atoms with Gasteiger partial charge in [-0.3, -0.25) is 0 Å². The number of rotatable bonds is 7. The van der Waals surface area contributed by atoms with Gasteiger partial charge in [0.1, 0.15) is 0 Å². The van der Waals surface area contributed by atoms with Gasteiger partial charge in [-0.05, 0) is 88.6 Å². The van der Waals surface area contributed by atoms with Crippen LogP contribution in [0.25, 0.3) is 56.4 Å². The molecule has 49 heavy (non-hydrogen) atoms. The lowest BCUT2D eigenvalue weighted by molar-refractivity contribution is 0.295. The molecule has 1 aliphatic carbocycles. The van der Waals surface area contributed by atoms with E-state index in [2.05, 4.69) is 106 Å². The van der Waals surface area contributed by atoms with Crippen LogP contribution in [0.15, 0.2) is 127 Å². The number of aromatic nitrogens is 3. The standard InChI is InChI=1S/C45H42N4/c1-4-45(28-31(2)18-19-32(3)29-45)39-23-20-36(21-24-39)43-47-42(35-15-9-6-10-16-35)48-44(49-43)40-25-22-38(37-17-11-12-33(26-37)30-46)27-41(40)34-13-7-5-8-14-34/h5-17,20-27,31-32H,4,18-19,28-29H2,1-3H3/t31-,32+,45?. The molecule has 0 amide bonds. The fraction of sp³-hybridized carbons (Fsp3) is 0.244. The Morgan fingerprint density at radius 2 is 1.10 bits per heavy atom. The zero-order valence-corrected chi connectivity index (χ0v) is 28.6. The highest BCUT2D eigenvalue weighted by Gasteiger charge is 2.36. The van der Waals surface area contributed by atoms with Crippen molar-refractivity contribution >= 4 is 0 Å². The van der Waals surface area contributed by atoms with E-state index in [9.17, 15) is 5.26 Å². The van der Waals surface area contributed by atoms with Crippen molar-refractivity contribution in [2.45, 2.75) is 58.3 Å². The van der Waals surface area contributed by atoms with Gasteiger partial charge < -0.3 is 0 Å². The Labute approximate surface area is 290 Å². The molecule has 4 nitrogen and oxygen atoms in total. The van der Waals surface area contributed by atoms with Crippen LogP contribution in [-0.2, 0) is 5.41 Å². The van der Waals surface area contributed by atoms with Crippen molar-refractivity contribution in [3.63, 3.8) is 0 Å². The largest absolute Gasteiger partial charge is 0.208 e. The molecule has 1 heterocycles. The molecule has 0 aliphatic heterocycles. The molecule has 7 rings (SSSR count). The van der Waals surface area contributed by atoms with Crippen LogP contribution in [0.1, 0.15) is 64.0 Å². The number of nitrogens with zero attached hydrogens (tertiary/aromatic N) is 4. The molecule has 1 saturated carbocycles. The number of hydrogen-bond donors (Lipinski definition) is 0. The number of hydrogen-bond acceptors (Lipinski definition) is 4. The Bertz CT molecular complexity index is 2080. The van der Waals surface area contributed by atoms with E-state index in [-0.39, 0.29) is 5.41 Å². The first kappa shape index (κ1) is 32.2. The van der Waals surface area contributed by atoms with E-state index in [0.717, 1.165) is 57.2 Å². The first-order valence-corrected chi connectivity index (χ1v) is 17.6. The van der Waals surface area contributed by atoms with Crippen molar-refractivity contribution < 1.29 is 0 Å². The highest BCUT2D eigenvalue weighted by molar-refractivity contribution is 5.86. The zero-order chi connectivity index (χ0) is 33.8. The van der Waals surface area contributed by atoms with E-state index in [0.29, 0.717) is 23.0 Å². The average Bonchev–Trinajstić information content (AvgIpc) is 3.32. The van der Waals surface area contributed by atoms with Gasteiger partial charge >= 0.3 is 0 Å². The van der Waals surface area contributed by atoms with Gasteiger partial charge in [-0.15, -0.1) is 0 Å². The van der Waals surface area contributed by atoms with Crippen LogP contribution in [0.4, 0.5) is 0 Å². The van der Waals surface area contributed by atoms with E-state index in [1.54, 1.807) is 0 Å². The van der Waals surface area contributed by atoms with Crippen LogP contribution in [0.3, 0.4) is 0 Å². The summed E-state index contributed by atoms with van der Waals surface area (Å²) in [6.45, 7) is 7.21.